The molecule has 146 valence electrons. The molecule has 7 nitrogen and oxygen atoms in total. The van der Waals surface area contributed by atoms with Gasteiger partial charge in [-0.3, -0.25) is 10.2 Å². The van der Waals surface area contributed by atoms with E-state index in [1.807, 2.05) is 30.3 Å². The topological polar surface area (TPSA) is 81.2 Å². The molecule has 1 heterocycles. The van der Waals surface area contributed by atoms with Crippen LogP contribution in [0.5, 0.6) is 11.5 Å². The molecule has 0 bridgehead atoms. The monoisotopic (exact) mass is 463 g/mol. The summed E-state index contributed by atoms with van der Waals surface area (Å²) < 4.78 is 16.8. The fourth-order valence-corrected chi connectivity index (χ4v) is 2.94. The Balaban J connectivity index is 2.13. The molecule has 3 rings (SSSR count). The largest absolute Gasteiger partial charge is 0.469 e. The lowest BCUT2D eigenvalue weighted by Gasteiger charge is -2.14. The number of carbonyl (C=O) groups excluding carboxylic acids is 1. The predicted molar refractivity (Wildman–Crippen MR) is 113 cm³/mol. The Morgan fingerprint density at radius 2 is 1.93 bits per heavy atom. The number of nitrogens with zero attached hydrogens (tertiary/aromatic N) is 1. The van der Waals surface area contributed by atoms with E-state index in [4.69, 9.17) is 26.4 Å². The Morgan fingerprint density at radius 3 is 2.57 bits per heavy atom. The fraction of sp³-hybridized carbons (Fsp3) is 0.211. The summed E-state index contributed by atoms with van der Waals surface area (Å²) in [6, 6.07) is 11.2. The molecule has 0 saturated carbocycles. The second kappa shape index (κ2) is 9.03. The van der Waals surface area contributed by atoms with Crippen molar-refractivity contribution in [1.29, 1.82) is 0 Å². The van der Waals surface area contributed by atoms with E-state index in [2.05, 4.69) is 31.8 Å². The van der Waals surface area contributed by atoms with Crippen molar-refractivity contribution in [3.05, 3.63) is 57.6 Å². The van der Waals surface area contributed by atoms with Crippen LogP contribution in [0.4, 0.5) is 0 Å². The van der Waals surface area contributed by atoms with Gasteiger partial charge in [0.2, 0.25) is 6.79 Å². The lowest BCUT2D eigenvalue weighted by atomic mass is 9.95. The maximum absolute atomic E-state index is 12.0. The van der Waals surface area contributed by atoms with Gasteiger partial charge in [-0.1, -0.05) is 28.1 Å². The maximum atomic E-state index is 12.0. The smallest absolute Gasteiger partial charge is 0.310 e. The molecule has 0 aliphatic carbocycles. The number of benzene rings is 2. The van der Waals surface area contributed by atoms with Gasteiger partial charge in [0.05, 0.1) is 19.2 Å². The summed E-state index contributed by atoms with van der Waals surface area (Å²) in [7, 11) is 3.05. The highest BCUT2D eigenvalue weighted by Gasteiger charge is 2.22. The second-order valence-electron chi connectivity index (χ2n) is 5.77. The van der Waals surface area contributed by atoms with Crippen molar-refractivity contribution >= 4 is 44.9 Å². The van der Waals surface area contributed by atoms with Crippen molar-refractivity contribution in [3.63, 3.8) is 0 Å². The van der Waals surface area contributed by atoms with E-state index >= 15 is 0 Å². The molecule has 0 amide bonds. The molecule has 0 atom stereocenters. The summed E-state index contributed by atoms with van der Waals surface area (Å²) >= 11 is 8.58. The Labute approximate surface area is 176 Å². The SMILES string of the molecule is CNC(=S)N/N=C(/c1ccc(Br)cc1)c1cc2c(cc1CC(=O)OC)OCO2. The van der Waals surface area contributed by atoms with Crippen LogP contribution in [0.1, 0.15) is 16.7 Å². The molecular weight excluding hydrogens is 446 g/mol. The van der Waals surface area contributed by atoms with Crippen molar-refractivity contribution in [2.24, 2.45) is 5.10 Å². The highest BCUT2D eigenvalue weighted by molar-refractivity contribution is 9.10. The van der Waals surface area contributed by atoms with Crippen LogP contribution in [0, 0.1) is 0 Å². The summed E-state index contributed by atoms with van der Waals surface area (Å²) in [5.41, 5.74) is 5.66. The summed E-state index contributed by atoms with van der Waals surface area (Å²) in [6.07, 6.45) is 0.0640. The number of carbonyl (C=O) groups is 1. The molecule has 2 aromatic rings. The number of hydrogen-bond acceptors (Lipinski definition) is 6. The fourth-order valence-electron chi connectivity index (χ4n) is 2.63. The first-order chi connectivity index (χ1) is 13.5. The highest BCUT2D eigenvalue weighted by Crippen LogP contribution is 2.36. The normalized spacial score (nSPS) is 12.5. The second-order valence-corrected chi connectivity index (χ2v) is 7.10. The van der Waals surface area contributed by atoms with Gasteiger partial charge >= 0.3 is 5.97 Å². The van der Waals surface area contributed by atoms with E-state index in [1.54, 1.807) is 13.1 Å². The van der Waals surface area contributed by atoms with E-state index in [-0.39, 0.29) is 19.2 Å². The number of halogens is 1. The van der Waals surface area contributed by atoms with Gasteiger partial charge in [0.15, 0.2) is 16.6 Å². The van der Waals surface area contributed by atoms with Crippen LogP contribution in [0.2, 0.25) is 0 Å². The Hall–Kier alpha value is -2.65. The summed E-state index contributed by atoms with van der Waals surface area (Å²) in [5.74, 6) is 0.801. The zero-order chi connectivity index (χ0) is 20.1. The number of esters is 1. The Bertz CT molecular complexity index is 932. The number of thiocarbonyl (C=S) groups is 1. The number of ether oxygens (including phenoxy) is 3. The predicted octanol–water partition coefficient (Wildman–Crippen LogP) is 2.74. The van der Waals surface area contributed by atoms with E-state index in [0.29, 0.717) is 33.5 Å². The molecule has 0 fully saturated rings. The van der Waals surface area contributed by atoms with Gasteiger partial charge in [0, 0.05) is 22.6 Å². The number of rotatable bonds is 5. The van der Waals surface area contributed by atoms with Gasteiger partial charge in [-0.2, -0.15) is 5.10 Å². The molecule has 2 aromatic carbocycles. The zero-order valence-corrected chi connectivity index (χ0v) is 17.6. The molecule has 0 radical (unpaired) electrons. The van der Waals surface area contributed by atoms with Crippen molar-refractivity contribution < 1.29 is 19.0 Å². The molecule has 28 heavy (non-hydrogen) atoms. The summed E-state index contributed by atoms with van der Waals surface area (Å²) in [4.78, 5) is 12.0. The highest BCUT2D eigenvalue weighted by atomic mass is 79.9. The van der Waals surface area contributed by atoms with Crippen LogP contribution in [0.3, 0.4) is 0 Å². The minimum absolute atomic E-state index is 0.0640. The first-order valence-electron chi connectivity index (χ1n) is 8.33. The van der Waals surface area contributed by atoms with Crippen LogP contribution in [-0.2, 0) is 16.0 Å². The molecule has 9 heteroatoms. The number of hydrazone groups is 1. The number of hydrogen-bond donors (Lipinski definition) is 2. The van der Waals surface area contributed by atoms with E-state index in [0.717, 1.165) is 10.0 Å². The van der Waals surface area contributed by atoms with Gasteiger partial charge in [-0.05, 0) is 42.0 Å². The van der Waals surface area contributed by atoms with Crippen LogP contribution >= 0.6 is 28.1 Å². The molecule has 0 saturated heterocycles. The third-order valence-corrected chi connectivity index (χ3v) is 4.85. The van der Waals surface area contributed by atoms with E-state index < -0.39 is 0 Å². The van der Waals surface area contributed by atoms with Gasteiger partial charge in [0.1, 0.15) is 0 Å². The third-order valence-electron chi connectivity index (χ3n) is 4.03. The van der Waals surface area contributed by atoms with Crippen LogP contribution in [0.25, 0.3) is 0 Å². The first kappa shape index (κ1) is 20.1. The zero-order valence-electron chi connectivity index (χ0n) is 15.2. The molecule has 0 unspecified atom stereocenters. The van der Waals surface area contributed by atoms with Gasteiger partial charge in [0.25, 0.3) is 0 Å². The average molecular weight is 464 g/mol. The van der Waals surface area contributed by atoms with Crippen molar-refractivity contribution in [2.45, 2.75) is 6.42 Å². The van der Waals surface area contributed by atoms with Crippen LogP contribution in [0.15, 0.2) is 46.0 Å². The van der Waals surface area contributed by atoms with Crippen molar-refractivity contribution in [2.75, 3.05) is 21.0 Å². The molecule has 2 N–H and O–H groups in total. The van der Waals surface area contributed by atoms with Gasteiger partial charge < -0.3 is 19.5 Å². The molecule has 0 spiro atoms. The van der Waals surface area contributed by atoms with Crippen LogP contribution < -0.4 is 20.2 Å². The lowest BCUT2D eigenvalue weighted by molar-refractivity contribution is -0.139. The van der Waals surface area contributed by atoms with Gasteiger partial charge in [-0.25, -0.2) is 0 Å². The Morgan fingerprint density at radius 1 is 1.25 bits per heavy atom. The van der Waals surface area contributed by atoms with Crippen molar-refractivity contribution in [1.82, 2.24) is 10.7 Å². The molecule has 1 aliphatic rings. The van der Waals surface area contributed by atoms with E-state index in [9.17, 15) is 4.79 Å². The number of methoxy groups -OCH3 is 1. The standard InChI is InChI=1S/C19H18BrN3O4S/c1-21-19(28)23-22-18(11-3-5-13(20)6-4-11)14-9-16-15(26-10-27-16)7-12(14)8-17(24)25-2/h3-7,9H,8,10H2,1-2H3,(H2,21,23,28)/b22-18-. The lowest BCUT2D eigenvalue weighted by Crippen LogP contribution is -2.30. The first-order valence-corrected chi connectivity index (χ1v) is 9.53. The molecular formula is C19H18BrN3O4S. The van der Waals surface area contributed by atoms with Crippen molar-refractivity contribution in [3.8, 4) is 11.5 Å². The minimum atomic E-state index is -0.367. The maximum Gasteiger partial charge on any atom is 0.310 e. The quantitative estimate of drug-likeness (QED) is 0.305. The molecule has 0 aromatic heterocycles. The third kappa shape index (κ3) is 4.60. The van der Waals surface area contributed by atoms with Gasteiger partial charge in [-0.15, -0.1) is 0 Å². The molecule has 1 aliphatic heterocycles. The number of fused-ring (bicyclic) bond motifs is 1. The summed E-state index contributed by atoms with van der Waals surface area (Å²) in [6.45, 7) is 0.128. The average Bonchev–Trinajstić information content (AvgIpc) is 3.16. The van der Waals surface area contributed by atoms with Crippen LogP contribution in [-0.4, -0.2) is 37.7 Å². The van der Waals surface area contributed by atoms with E-state index in [1.165, 1.54) is 7.11 Å². The number of nitrogens with one attached hydrogen (secondary N) is 2. The Kier molecular flexibility index (Phi) is 6.48. The summed E-state index contributed by atoms with van der Waals surface area (Å²) in [5, 5.41) is 7.67. The minimum Gasteiger partial charge on any atom is -0.469 e.